The lowest BCUT2D eigenvalue weighted by atomic mass is 10.2. The molecule has 0 fully saturated rings. The number of rotatable bonds is 9. The molecule has 0 unspecified atom stereocenters. The Morgan fingerprint density at radius 3 is 2.73 bits per heavy atom. The van der Waals surface area contributed by atoms with Gasteiger partial charge in [0.1, 0.15) is 0 Å². The Labute approximate surface area is 153 Å². The molecule has 0 spiro atoms. The summed E-state index contributed by atoms with van der Waals surface area (Å²) >= 11 is 0. The molecule has 0 aliphatic rings. The van der Waals surface area contributed by atoms with Crippen LogP contribution in [-0.2, 0) is 16.6 Å². The Kier molecular flexibility index (Phi) is 6.97. The first-order valence-electron chi connectivity index (χ1n) is 8.40. The van der Waals surface area contributed by atoms with E-state index in [-0.39, 0.29) is 18.2 Å². The average Bonchev–Trinajstić information content (AvgIpc) is 2.60. The summed E-state index contributed by atoms with van der Waals surface area (Å²) in [5.74, 6) is 0.203. The van der Waals surface area contributed by atoms with Crippen molar-refractivity contribution in [3.8, 4) is 5.88 Å². The SMILES string of the molecule is CCCS(=O)(=O)Nc1cccc(C(=O)NCc2cccnc2OCC)c1. The quantitative estimate of drug-likeness (QED) is 0.700. The number of hydrogen-bond donors (Lipinski definition) is 2. The van der Waals surface area contributed by atoms with Crippen molar-refractivity contribution in [2.45, 2.75) is 26.8 Å². The van der Waals surface area contributed by atoms with Crippen LogP contribution in [0.3, 0.4) is 0 Å². The predicted molar refractivity (Wildman–Crippen MR) is 101 cm³/mol. The van der Waals surface area contributed by atoms with Gasteiger partial charge in [0, 0.05) is 29.6 Å². The van der Waals surface area contributed by atoms with Crippen molar-refractivity contribution >= 4 is 21.6 Å². The zero-order valence-corrected chi connectivity index (χ0v) is 15.7. The third-order valence-corrected chi connectivity index (χ3v) is 4.93. The first kappa shape index (κ1) is 19.7. The van der Waals surface area contributed by atoms with E-state index >= 15 is 0 Å². The number of ether oxygens (including phenoxy) is 1. The molecule has 0 atom stereocenters. The number of carbonyl (C=O) groups is 1. The van der Waals surface area contributed by atoms with E-state index in [4.69, 9.17) is 4.74 Å². The summed E-state index contributed by atoms with van der Waals surface area (Å²) in [5, 5.41) is 2.79. The van der Waals surface area contributed by atoms with Gasteiger partial charge in [-0.3, -0.25) is 9.52 Å². The highest BCUT2D eigenvalue weighted by Gasteiger charge is 2.12. The molecular weight excluding hydrogens is 354 g/mol. The van der Waals surface area contributed by atoms with Crippen molar-refractivity contribution in [2.24, 2.45) is 0 Å². The fraction of sp³-hybridized carbons (Fsp3) is 0.333. The van der Waals surface area contributed by atoms with Gasteiger partial charge in [0.15, 0.2) is 0 Å². The van der Waals surface area contributed by atoms with Gasteiger partial charge in [0.2, 0.25) is 15.9 Å². The van der Waals surface area contributed by atoms with Gasteiger partial charge < -0.3 is 10.1 Å². The van der Waals surface area contributed by atoms with E-state index < -0.39 is 10.0 Å². The van der Waals surface area contributed by atoms with Crippen molar-refractivity contribution < 1.29 is 17.9 Å². The van der Waals surface area contributed by atoms with E-state index in [1.165, 1.54) is 6.07 Å². The molecule has 0 radical (unpaired) electrons. The summed E-state index contributed by atoms with van der Waals surface area (Å²) in [6, 6.07) is 9.97. The molecule has 2 aromatic rings. The van der Waals surface area contributed by atoms with E-state index in [1.807, 2.05) is 13.0 Å². The Morgan fingerprint density at radius 2 is 2.00 bits per heavy atom. The van der Waals surface area contributed by atoms with Crippen molar-refractivity contribution in [2.75, 3.05) is 17.1 Å². The molecule has 1 amide bonds. The Bertz CT molecular complexity index is 853. The van der Waals surface area contributed by atoms with Gasteiger partial charge in [-0.15, -0.1) is 0 Å². The second-order valence-corrected chi connectivity index (χ2v) is 7.43. The molecule has 0 saturated heterocycles. The van der Waals surface area contributed by atoms with E-state index in [0.29, 0.717) is 30.2 Å². The van der Waals surface area contributed by atoms with Crippen LogP contribution in [0.25, 0.3) is 0 Å². The molecule has 2 rings (SSSR count). The fourth-order valence-corrected chi connectivity index (χ4v) is 3.45. The van der Waals surface area contributed by atoms with Crippen molar-refractivity contribution in [1.82, 2.24) is 10.3 Å². The van der Waals surface area contributed by atoms with E-state index in [0.717, 1.165) is 5.56 Å². The van der Waals surface area contributed by atoms with Gasteiger partial charge in [-0.05, 0) is 37.6 Å². The van der Waals surface area contributed by atoms with Gasteiger partial charge in [0.05, 0.1) is 12.4 Å². The number of pyridine rings is 1. The van der Waals surface area contributed by atoms with Gasteiger partial charge in [-0.1, -0.05) is 19.1 Å². The monoisotopic (exact) mass is 377 g/mol. The second-order valence-electron chi connectivity index (χ2n) is 5.59. The fourth-order valence-electron chi connectivity index (χ4n) is 2.33. The van der Waals surface area contributed by atoms with Crippen molar-refractivity contribution in [3.63, 3.8) is 0 Å². The largest absolute Gasteiger partial charge is 0.478 e. The highest BCUT2D eigenvalue weighted by Crippen LogP contribution is 2.15. The number of nitrogens with one attached hydrogen (secondary N) is 2. The summed E-state index contributed by atoms with van der Waals surface area (Å²) in [6.07, 6.45) is 2.14. The number of aromatic nitrogens is 1. The molecule has 8 heteroatoms. The molecule has 0 aliphatic heterocycles. The van der Waals surface area contributed by atoms with E-state index in [9.17, 15) is 13.2 Å². The molecule has 1 heterocycles. The van der Waals surface area contributed by atoms with Crippen LogP contribution in [0.2, 0.25) is 0 Å². The molecule has 0 aliphatic carbocycles. The summed E-state index contributed by atoms with van der Waals surface area (Å²) in [5.41, 5.74) is 1.49. The molecule has 1 aromatic carbocycles. The van der Waals surface area contributed by atoms with E-state index in [2.05, 4.69) is 15.0 Å². The molecule has 26 heavy (non-hydrogen) atoms. The second kappa shape index (κ2) is 9.19. The lowest BCUT2D eigenvalue weighted by Gasteiger charge is -2.11. The predicted octanol–water partition coefficient (Wildman–Crippen LogP) is 2.56. The topological polar surface area (TPSA) is 97.4 Å². The number of anilines is 1. The Hall–Kier alpha value is -2.61. The highest BCUT2D eigenvalue weighted by atomic mass is 32.2. The van der Waals surface area contributed by atoms with Crippen molar-refractivity contribution in [3.05, 3.63) is 53.7 Å². The van der Waals surface area contributed by atoms with Crippen LogP contribution in [-0.4, -0.2) is 31.7 Å². The first-order chi connectivity index (χ1) is 12.4. The zero-order valence-electron chi connectivity index (χ0n) is 14.9. The number of amides is 1. The van der Waals surface area contributed by atoms with E-state index in [1.54, 1.807) is 37.4 Å². The number of benzene rings is 1. The standard InChI is InChI=1S/C18H23N3O4S/c1-3-11-26(23,24)21-16-9-5-7-14(12-16)17(22)20-13-15-8-6-10-19-18(15)25-4-2/h5-10,12,21H,3-4,11,13H2,1-2H3,(H,20,22). The minimum absolute atomic E-state index is 0.0324. The lowest BCUT2D eigenvalue weighted by Crippen LogP contribution is -2.23. The zero-order chi connectivity index (χ0) is 19.0. The third-order valence-electron chi connectivity index (χ3n) is 3.44. The third kappa shape index (κ3) is 5.73. The number of nitrogens with zero attached hydrogens (tertiary/aromatic N) is 1. The number of sulfonamides is 1. The van der Waals surface area contributed by atoms with Gasteiger partial charge >= 0.3 is 0 Å². The van der Waals surface area contributed by atoms with Gasteiger partial charge in [-0.2, -0.15) is 0 Å². The highest BCUT2D eigenvalue weighted by molar-refractivity contribution is 7.92. The smallest absolute Gasteiger partial charge is 0.251 e. The first-order valence-corrected chi connectivity index (χ1v) is 10.1. The van der Waals surface area contributed by atoms with Gasteiger partial charge in [0.25, 0.3) is 5.91 Å². The molecule has 0 saturated carbocycles. The Morgan fingerprint density at radius 1 is 1.19 bits per heavy atom. The summed E-state index contributed by atoms with van der Waals surface area (Å²) in [7, 11) is -3.40. The van der Waals surface area contributed by atoms with Gasteiger partial charge in [-0.25, -0.2) is 13.4 Å². The summed E-state index contributed by atoms with van der Waals surface area (Å²) in [4.78, 5) is 16.5. The molecule has 0 bridgehead atoms. The minimum Gasteiger partial charge on any atom is -0.478 e. The number of carbonyl (C=O) groups excluding carboxylic acids is 1. The van der Waals surface area contributed by atoms with Crippen molar-refractivity contribution in [1.29, 1.82) is 0 Å². The van der Waals surface area contributed by atoms with Crippen LogP contribution in [0.5, 0.6) is 5.88 Å². The minimum atomic E-state index is -3.40. The maximum absolute atomic E-state index is 12.4. The number of hydrogen-bond acceptors (Lipinski definition) is 5. The maximum Gasteiger partial charge on any atom is 0.251 e. The van der Waals surface area contributed by atoms with Crippen LogP contribution in [0.1, 0.15) is 36.2 Å². The maximum atomic E-state index is 12.4. The van der Waals surface area contributed by atoms with Crippen LogP contribution >= 0.6 is 0 Å². The van der Waals surface area contributed by atoms with Crippen LogP contribution in [0.15, 0.2) is 42.6 Å². The molecule has 7 nitrogen and oxygen atoms in total. The summed E-state index contributed by atoms with van der Waals surface area (Å²) in [6.45, 7) is 4.39. The molecular formula is C18H23N3O4S. The van der Waals surface area contributed by atoms with Crippen LogP contribution in [0, 0.1) is 0 Å². The lowest BCUT2D eigenvalue weighted by molar-refractivity contribution is 0.0950. The summed E-state index contributed by atoms with van der Waals surface area (Å²) < 4.78 is 31.6. The average molecular weight is 377 g/mol. The van der Waals surface area contributed by atoms with Crippen LogP contribution < -0.4 is 14.8 Å². The Balaban J connectivity index is 2.05. The molecule has 1 aromatic heterocycles. The molecule has 2 N–H and O–H groups in total. The molecule has 140 valence electrons. The van der Waals surface area contributed by atoms with Crippen LogP contribution in [0.4, 0.5) is 5.69 Å². The normalized spacial score (nSPS) is 11.0.